The quantitative estimate of drug-likeness (QED) is 0.428. The summed E-state index contributed by atoms with van der Waals surface area (Å²) < 4.78 is 0. The van der Waals surface area contributed by atoms with Crippen molar-refractivity contribution in [1.82, 2.24) is 10.6 Å². The van der Waals surface area contributed by atoms with Crippen molar-refractivity contribution in [3.8, 4) is 0 Å². The predicted molar refractivity (Wildman–Crippen MR) is 115 cm³/mol. The van der Waals surface area contributed by atoms with Crippen molar-refractivity contribution < 1.29 is 9.59 Å². The van der Waals surface area contributed by atoms with Gasteiger partial charge in [-0.1, -0.05) is 30.3 Å². The normalized spacial score (nSPS) is 14.2. The number of carbonyl (C=O) groups is 2. The Labute approximate surface area is 170 Å². The number of hydrogen-bond acceptors (Lipinski definition) is 3. The van der Waals surface area contributed by atoms with Crippen LogP contribution in [0.2, 0.25) is 0 Å². The number of amides is 3. The third kappa shape index (κ3) is 6.60. The van der Waals surface area contributed by atoms with Crippen LogP contribution in [0.4, 0.5) is 10.5 Å². The summed E-state index contributed by atoms with van der Waals surface area (Å²) in [5, 5.41) is 8.78. The largest absolute Gasteiger partial charge is 0.338 e. The second-order valence-electron chi connectivity index (χ2n) is 7.02. The first-order valence-electron chi connectivity index (χ1n) is 9.75. The van der Waals surface area contributed by atoms with Gasteiger partial charge in [0.25, 0.3) is 0 Å². The van der Waals surface area contributed by atoms with E-state index in [0.29, 0.717) is 6.54 Å². The van der Waals surface area contributed by atoms with Gasteiger partial charge in [0.05, 0.1) is 6.04 Å². The molecule has 3 rings (SSSR count). The topological polar surface area (TPSA) is 70.2 Å². The lowest BCUT2D eigenvalue weighted by atomic mass is 10.1. The highest BCUT2D eigenvalue weighted by atomic mass is 32.2. The van der Waals surface area contributed by atoms with Crippen LogP contribution in [-0.2, 0) is 4.79 Å². The molecule has 2 aromatic rings. The number of nitrogens with one attached hydrogen (secondary N) is 3. The van der Waals surface area contributed by atoms with E-state index in [2.05, 4.69) is 28.1 Å². The molecule has 0 aliphatic heterocycles. The summed E-state index contributed by atoms with van der Waals surface area (Å²) in [5.74, 6) is 1.26. The van der Waals surface area contributed by atoms with Gasteiger partial charge in [-0.3, -0.25) is 4.79 Å². The van der Waals surface area contributed by atoms with Gasteiger partial charge in [0.1, 0.15) is 0 Å². The van der Waals surface area contributed by atoms with E-state index in [1.54, 1.807) is 11.8 Å². The average molecular weight is 398 g/mol. The molecule has 28 heavy (non-hydrogen) atoms. The minimum Gasteiger partial charge on any atom is -0.338 e. The van der Waals surface area contributed by atoms with Crippen LogP contribution in [0.3, 0.4) is 0 Å². The van der Waals surface area contributed by atoms with E-state index >= 15 is 0 Å². The van der Waals surface area contributed by atoms with E-state index in [4.69, 9.17) is 0 Å². The van der Waals surface area contributed by atoms with Gasteiger partial charge in [0, 0.05) is 23.0 Å². The van der Waals surface area contributed by atoms with Crippen molar-refractivity contribution in [2.75, 3.05) is 17.6 Å². The molecule has 0 aromatic heterocycles. The molecule has 0 heterocycles. The Bertz CT molecular complexity index is 776. The Hall–Kier alpha value is -2.47. The van der Waals surface area contributed by atoms with Gasteiger partial charge in [0.15, 0.2) is 0 Å². The zero-order chi connectivity index (χ0) is 19.8. The first kappa shape index (κ1) is 20.3. The fourth-order valence-corrected chi connectivity index (χ4v) is 3.63. The molecule has 1 aliphatic carbocycles. The number of thioether (sulfide) groups is 1. The summed E-state index contributed by atoms with van der Waals surface area (Å²) in [5.41, 5.74) is 1.80. The molecule has 0 spiro atoms. The lowest BCUT2D eigenvalue weighted by Crippen LogP contribution is -2.37. The highest BCUT2D eigenvalue weighted by Crippen LogP contribution is 2.30. The molecule has 0 saturated heterocycles. The summed E-state index contributed by atoms with van der Waals surface area (Å²) in [6, 6.07) is 17.6. The number of rotatable bonds is 9. The van der Waals surface area contributed by atoms with Gasteiger partial charge in [-0.15, -0.1) is 11.8 Å². The van der Waals surface area contributed by atoms with Crippen LogP contribution in [0.1, 0.15) is 37.8 Å². The molecule has 0 bridgehead atoms. The lowest BCUT2D eigenvalue weighted by molar-refractivity contribution is -0.117. The zero-order valence-electron chi connectivity index (χ0n) is 16.1. The van der Waals surface area contributed by atoms with Crippen molar-refractivity contribution >= 4 is 29.4 Å². The fourth-order valence-electron chi connectivity index (χ4n) is 2.76. The number of anilines is 1. The third-order valence-electron chi connectivity index (χ3n) is 4.59. The Morgan fingerprint density at radius 2 is 1.79 bits per heavy atom. The Balaban J connectivity index is 1.33. The van der Waals surface area contributed by atoms with Crippen LogP contribution in [0, 0.1) is 5.92 Å². The standard InChI is InChI=1S/C22H27N3O2S/c1-16(17-10-12-19(13-11-17)25-21(26)18-8-9-18)24-22(27)23-14-5-15-28-20-6-3-2-4-7-20/h2-4,6-7,10-13,16,18H,5,8-9,14-15H2,1H3,(H,25,26)(H2,23,24,27). The van der Waals surface area contributed by atoms with Gasteiger partial charge >= 0.3 is 6.03 Å². The summed E-state index contributed by atoms with van der Waals surface area (Å²) >= 11 is 1.79. The molecule has 1 aliphatic rings. The van der Waals surface area contributed by atoms with Crippen molar-refractivity contribution in [3.63, 3.8) is 0 Å². The summed E-state index contributed by atoms with van der Waals surface area (Å²) in [6.07, 6.45) is 2.90. The maximum absolute atomic E-state index is 12.1. The van der Waals surface area contributed by atoms with Crippen LogP contribution in [0.5, 0.6) is 0 Å². The minimum atomic E-state index is -0.164. The maximum Gasteiger partial charge on any atom is 0.315 e. The highest BCUT2D eigenvalue weighted by Gasteiger charge is 2.29. The molecule has 6 heteroatoms. The van der Waals surface area contributed by atoms with Crippen LogP contribution >= 0.6 is 11.8 Å². The van der Waals surface area contributed by atoms with Crippen LogP contribution in [-0.4, -0.2) is 24.2 Å². The van der Waals surface area contributed by atoms with Gasteiger partial charge < -0.3 is 16.0 Å². The maximum atomic E-state index is 12.1. The summed E-state index contributed by atoms with van der Waals surface area (Å²) in [7, 11) is 0. The SMILES string of the molecule is CC(NC(=O)NCCCSc1ccccc1)c1ccc(NC(=O)C2CC2)cc1. The molecule has 148 valence electrons. The van der Waals surface area contributed by atoms with Crippen LogP contribution in [0.25, 0.3) is 0 Å². The molecule has 3 amide bonds. The van der Waals surface area contributed by atoms with Crippen LogP contribution in [0.15, 0.2) is 59.5 Å². The first-order chi connectivity index (χ1) is 13.6. The molecule has 3 N–H and O–H groups in total. The smallest absolute Gasteiger partial charge is 0.315 e. The molecular formula is C22H27N3O2S. The van der Waals surface area contributed by atoms with Gasteiger partial charge in [-0.2, -0.15) is 0 Å². The summed E-state index contributed by atoms with van der Waals surface area (Å²) in [4.78, 5) is 25.1. The second kappa shape index (κ2) is 10.2. The van der Waals surface area contributed by atoms with E-state index < -0.39 is 0 Å². The van der Waals surface area contributed by atoms with E-state index in [0.717, 1.165) is 36.3 Å². The van der Waals surface area contributed by atoms with Gasteiger partial charge in [-0.05, 0) is 61.8 Å². The number of benzene rings is 2. The molecule has 5 nitrogen and oxygen atoms in total. The van der Waals surface area contributed by atoms with E-state index in [1.807, 2.05) is 49.4 Å². The molecule has 0 radical (unpaired) electrons. The molecule has 2 aromatic carbocycles. The van der Waals surface area contributed by atoms with E-state index in [-0.39, 0.29) is 23.9 Å². The van der Waals surface area contributed by atoms with E-state index in [9.17, 15) is 9.59 Å². The molecule has 1 atom stereocenters. The predicted octanol–water partition coefficient (Wildman–Crippen LogP) is 4.58. The molecule has 1 unspecified atom stereocenters. The van der Waals surface area contributed by atoms with Gasteiger partial charge in [0.2, 0.25) is 5.91 Å². The zero-order valence-corrected chi connectivity index (χ0v) is 16.9. The molecule has 1 fully saturated rings. The molecular weight excluding hydrogens is 370 g/mol. The Morgan fingerprint density at radius 1 is 1.07 bits per heavy atom. The van der Waals surface area contributed by atoms with Crippen molar-refractivity contribution in [1.29, 1.82) is 0 Å². The monoisotopic (exact) mass is 397 g/mol. The van der Waals surface area contributed by atoms with E-state index in [1.165, 1.54) is 4.90 Å². The lowest BCUT2D eigenvalue weighted by Gasteiger charge is -2.16. The number of hydrogen-bond donors (Lipinski definition) is 3. The van der Waals surface area contributed by atoms with Crippen LogP contribution < -0.4 is 16.0 Å². The van der Waals surface area contributed by atoms with Crippen molar-refractivity contribution in [2.45, 2.75) is 37.1 Å². The minimum absolute atomic E-state index is 0.101. The average Bonchev–Trinajstić information content (AvgIpc) is 3.54. The second-order valence-corrected chi connectivity index (χ2v) is 8.19. The molecule has 1 saturated carbocycles. The highest BCUT2D eigenvalue weighted by molar-refractivity contribution is 7.99. The van der Waals surface area contributed by atoms with Crippen molar-refractivity contribution in [2.24, 2.45) is 5.92 Å². The Kier molecular flexibility index (Phi) is 7.37. The summed E-state index contributed by atoms with van der Waals surface area (Å²) in [6.45, 7) is 2.59. The van der Waals surface area contributed by atoms with Crippen molar-refractivity contribution in [3.05, 3.63) is 60.2 Å². The third-order valence-corrected chi connectivity index (χ3v) is 5.69. The van der Waals surface area contributed by atoms with Gasteiger partial charge in [-0.25, -0.2) is 4.79 Å². The Morgan fingerprint density at radius 3 is 2.46 bits per heavy atom. The fraction of sp³-hybridized carbons (Fsp3) is 0.364. The first-order valence-corrected chi connectivity index (χ1v) is 10.7. The number of urea groups is 1. The number of carbonyl (C=O) groups excluding carboxylic acids is 2.